The molecule has 0 aliphatic rings. The van der Waals surface area contributed by atoms with Crippen LogP contribution >= 0.6 is 0 Å². The van der Waals surface area contributed by atoms with E-state index in [2.05, 4.69) is 16.7 Å². The number of carbonyl (C=O) groups excluding carboxylic acids is 1. The largest absolute Gasteiger partial charge is 0.467 e. The highest BCUT2D eigenvalue weighted by atomic mass is 16.3. The van der Waals surface area contributed by atoms with Gasteiger partial charge in [-0.25, -0.2) is 0 Å². The Hall–Kier alpha value is -2.74. The Morgan fingerprint density at radius 1 is 1.25 bits per heavy atom. The van der Waals surface area contributed by atoms with Gasteiger partial charge in [0.25, 0.3) is 0 Å². The lowest BCUT2D eigenvalue weighted by Gasteiger charge is -2.06. The quantitative estimate of drug-likeness (QED) is 0.843. The van der Waals surface area contributed by atoms with Gasteiger partial charge in [-0.3, -0.25) is 4.79 Å². The van der Waals surface area contributed by atoms with Crippen molar-refractivity contribution in [2.75, 3.05) is 11.9 Å². The summed E-state index contributed by atoms with van der Waals surface area (Å²) in [5, 5.41) is 14.6. The molecule has 0 atom stereocenters. The molecule has 20 heavy (non-hydrogen) atoms. The third kappa shape index (κ3) is 4.18. The number of rotatable bonds is 6. The highest BCUT2D eigenvalue weighted by molar-refractivity contribution is 5.76. The van der Waals surface area contributed by atoms with Crippen molar-refractivity contribution >= 4 is 11.6 Å². The van der Waals surface area contributed by atoms with E-state index in [1.54, 1.807) is 24.5 Å². The summed E-state index contributed by atoms with van der Waals surface area (Å²) in [5.74, 6) is 0.695. The number of furan rings is 1. The van der Waals surface area contributed by atoms with Crippen molar-refractivity contribution in [1.29, 1.82) is 5.26 Å². The van der Waals surface area contributed by atoms with Gasteiger partial charge in [0.05, 0.1) is 24.4 Å². The number of nitrogens with one attached hydrogen (secondary N) is 2. The fraction of sp³-hybridized carbons (Fsp3) is 0.200. The van der Waals surface area contributed by atoms with Crippen molar-refractivity contribution in [3.8, 4) is 6.07 Å². The van der Waals surface area contributed by atoms with E-state index in [1.807, 2.05) is 18.2 Å². The van der Waals surface area contributed by atoms with Gasteiger partial charge in [-0.1, -0.05) is 0 Å². The first-order valence-electron chi connectivity index (χ1n) is 6.31. The smallest absolute Gasteiger partial charge is 0.222 e. The third-order valence-corrected chi connectivity index (χ3v) is 2.74. The van der Waals surface area contributed by atoms with E-state index in [4.69, 9.17) is 9.68 Å². The van der Waals surface area contributed by atoms with Gasteiger partial charge in [-0.2, -0.15) is 5.26 Å². The second-order valence-corrected chi connectivity index (χ2v) is 4.22. The SMILES string of the molecule is N#Cc1ccc(NCCC(=O)NCc2ccco2)cc1. The van der Waals surface area contributed by atoms with Gasteiger partial charge >= 0.3 is 0 Å². The van der Waals surface area contributed by atoms with E-state index in [9.17, 15) is 4.79 Å². The summed E-state index contributed by atoms with van der Waals surface area (Å²) in [5.41, 5.74) is 1.51. The standard InChI is InChI=1S/C15H15N3O2/c16-10-12-3-5-13(6-4-12)17-8-7-15(19)18-11-14-2-1-9-20-14/h1-6,9,17H,7-8,11H2,(H,18,19). The second-order valence-electron chi connectivity index (χ2n) is 4.22. The van der Waals surface area contributed by atoms with Crippen molar-refractivity contribution in [1.82, 2.24) is 5.32 Å². The monoisotopic (exact) mass is 269 g/mol. The summed E-state index contributed by atoms with van der Waals surface area (Å²) in [4.78, 5) is 11.6. The number of anilines is 1. The number of nitriles is 1. The zero-order chi connectivity index (χ0) is 14.2. The molecule has 0 aliphatic carbocycles. The molecule has 1 aromatic carbocycles. The highest BCUT2D eigenvalue weighted by Gasteiger charge is 2.02. The molecular weight excluding hydrogens is 254 g/mol. The maximum Gasteiger partial charge on any atom is 0.222 e. The van der Waals surface area contributed by atoms with Crippen LogP contribution in [0.2, 0.25) is 0 Å². The molecule has 0 unspecified atom stereocenters. The molecular formula is C15H15N3O2. The average Bonchev–Trinajstić information content (AvgIpc) is 2.99. The number of benzene rings is 1. The van der Waals surface area contributed by atoms with Gasteiger partial charge in [-0.05, 0) is 36.4 Å². The highest BCUT2D eigenvalue weighted by Crippen LogP contribution is 2.08. The van der Waals surface area contributed by atoms with Crippen molar-refractivity contribution in [3.63, 3.8) is 0 Å². The fourth-order valence-electron chi connectivity index (χ4n) is 1.67. The van der Waals surface area contributed by atoms with Crippen LogP contribution in [0.4, 0.5) is 5.69 Å². The van der Waals surface area contributed by atoms with Crippen molar-refractivity contribution in [3.05, 3.63) is 54.0 Å². The Balaban J connectivity index is 1.67. The fourth-order valence-corrected chi connectivity index (χ4v) is 1.67. The van der Waals surface area contributed by atoms with E-state index < -0.39 is 0 Å². The molecule has 0 saturated carbocycles. The van der Waals surface area contributed by atoms with Gasteiger partial charge < -0.3 is 15.1 Å². The topological polar surface area (TPSA) is 78.1 Å². The molecule has 1 aromatic heterocycles. The van der Waals surface area contributed by atoms with Gasteiger partial charge in [-0.15, -0.1) is 0 Å². The van der Waals surface area contributed by atoms with Crippen LogP contribution in [0.3, 0.4) is 0 Å². The molecule has 1 amide bonds. The molecule has 0 radical (unpaired) electrons. The molecule has 0 aliphatic heterocycles. The minimum absolute atomic E-state index is 0.0393. The van der Waals surface area contributed by atoms with Crippen LogP contribution in [0, 0.1) is 11.3 Å². The Kier molecular flexibility index (Phi) is 4.79. The van der Waals surface area contributed by atoms with Gasteiger partial charge in [0, 0.05) is 18.7 Å². The summed E-state index contributed by atoms with van der Waals surface area (Å²) >= 11 is 0. The molecule has 102 valence electrons. The second kappa shape index (κ2) is 7.00. The first kappa shape index (κ1) is 13.7. The number of nitrogens with zero attached hydrogens (tertiary/aromatic N) is 1. The van der Waals surface area contributed by atoms with E-state index in [0.717, 1.165) is 11.4 Å². The number of hydrogen-bond acceptors (Lipinski definition) is 4. The summed E-state index contributed by atoms with van der Waals surface area (Å²) < 4.78 is 5.12. The maximum absolute atomic E-state index is 11.6. The van der Waals surface area contributed by atoms with Gasteiger partial charge in [0.1, 0.15) is 5.76 Å². The number of hydrogen-bond donors (Lipinski definition) is 2. The van der Waals surface area contributed by atoms with Crippen LogP contribution in [0.25, 0.3) is 0 Å². The first-order chi connectivity index (χ1) is 9.78. The summed E-state index contributed by atoms with van der Waals surface area (Å²) in [6.45, 7) is 0.943. The Labute approximate surface area is 117 Å². The van der Waals surface area contributed by atoms with Crippen molar-refractivity contribution in [2.45, 2.75) is 13.0 Å². The van der Waals surface area contributed by atoms with Crippen LogP contribution in [0.5, 0.6) is 0 Å². The molecule has 2 N–H and O–H groups in total. The lowest BCUT2D eigenvalue weighted by Crippen LogP contribution is -2.24. The normalized spacial score (nSPS) is 9.75. The first-order valence-corrected chi connectivity index (χ1v) is 6.31. The van der Waals surface area contributed by atoms with Crippen LogP contribution in [-0.4, -0.2) is 12.5 Å². The zero-order valence-electron chi connectivity index (χ0n) is 10.9. The molecule has 1 heterocycles. The summed E-state index contributed by atoms with van der Waals surface area (Å²) in [6.07, 6.45) is 1.95. The van der Waals surface area contributed by atoms with Gasteiger partial charge in [0.15, 0.2) is 0 Å². The summed E-state index contributed by atoms with van der Waals surface area (Å²) in [7, 11) is 0. The predicted octanol–water partition coefficient (Wildman–Crippen LogP) is 2.27. The Bertz CT molecular complexity index is 583. The number of carbonyl (C=O) groups is 1. The Morgan fingerprint density at radius 2 is 2.05 bits per heavy atom. The lowest BCUT2D eigenvalue weighted by molar-refractivity contribution is -0.121. The van der Waals surface area contributed by atoms with E-state index in [-0.39, 0.29) is 5.91 Å². The predicted molar refractivity (Wildman–Crippen MR) is 74.8 cm³/mol. The number of amides is 1. The summed E-state index contributed by atoms with van der Waals surface area (Å²) in [6, 6.07) is 12.8. The van der Waals surface area contributed by atoms with Crippen molar-refractivity contribution < 1.29 is 9.21 Å². The molecule has 0 spiro atoms. The van der Waals surface area contributed by atoms with Crippen LogP contribution in [0.1, 0.15) is 17.7 Å². The molecule has 0 bridgehead atoms. The van der Waals surface area contributed by atoms with Crippen LogP contribution in [-0.2, 0) is 11.3 Å². The van der Waals surface area contributed by atoms with Crippen LogP contribution in [0.15, 0.2) is 47.1 Å². The lowest BCUT2D eigenvalue weighted by atomic mass is 10.2. The molecule has 0 saturated heterocycles. The molecule has 2 aromatic rings. The average molecular weight is 269 g/mol. The molecule has 0 fully saturated rings. The molecule has 2 rings (SSSR count). The van der Waals surface area contributed by atoms with E-state index >= 15 is 0 Å². The molecule has 5 heteroatoms. The third-order valence-electron chi connectivity index (χ3n) is 2.74. The minimum Gasteiger partial charge on any atom is -0.467 e. The molecule has 5 nitrogen and oxygen atoms in total. The van der Waals surface area contributed by atoms with Gasteiger partial charge in [0.2, 0.25) is 5.91 Å². The van der Waals surface area contributed by atoms with Crippen molar-refractivity contribution in [2.24, 2.45) is 0 Å². The Morgan fingerprint density at radius 3 is 2.70 bits per heavy atom. The zero-order valence-corrected chi connectivity index (χ0v) is 10.9. The van der Waals surface area contributed by atoms with E-state index in [1.165, 1.54) is 0 Å². The van der Waals surface area contributed by atoms with E-state index in [0.29, 0.717) is 25.1 Å². The van der Waals surface area contributed by atoms with Crippen LogP contribution < -0.4 is 10.6 Å². The minimum atomic E-state index is -0.0393. The maximum atomic E-state index is 11.6.